The molecule has 1 unspecified atom stereocenters. The summed E-state index contributed by atoms with van der Waals surface area (Å²) in [6.45, 7) is 2.81. The number of hydrogen-bond acceptors (Lipinski definition) is 5. The average Bonchev–Trinajstić information content (AvgIpc) is 2.55. The van der Waals surface area contributed by atoms with Gasteiger partial charge in [0.2, 0.25) is 15.9 Å². The molecule has 24 heavy (non-hydrogen) atoms. The summed E-state index contributed by atoms with van der Waals surface area (Å²) in [4.78, 5) is 12.6. The summed E-state index contributed by atoms with van der Waals surface area (Å²) in [5, 5.41) is 2.91. The predicted octanol–water partition coefficient (Wildman–Crippen LogP) is 0.622. The highest BCUT2D eigenvalue weighted by Crippen LogP contribution is 2.21. The van der Waals surface area contributed by atoms with Crippen LogP contribution in [0.3, 0.4) is 0 Å². The number of benzene rings is 1. The van der Waals surface area contributed by atoms with Crippen molar-refractivity contribution in [2.45, 2.75) is 36.2 Å². The average molecular weight is 355 g/mol. The number of amides is 1. The van der Waals surface area contributed by atoms with Crippen LogP contribution in [-0.2, 0) is 19.6 Å². The smallest absolute Gasteiger partial charge is 0.242 e. The van der Waals surface area contributed by atoms with Gasteiger partial charge in [-0.25, -0.2) is 12.7 Å². The molecule has 0 radical (unpaired) electrons. The summed E-state index contributed by atoms with van der Waals surface area (Å²) in [7, 11) is -0.484. The minimum absolute atomic E-state index is 0.205. The third-order valence-electron chi connectivity index (χ3n) is 4.34. The van der Waals surface area contributed by atoms with E-state index in [2.05, 4.69) is 5.32 Å². The van der Waals surface area contributed by atoms with E-state index in [0.29, 0.717) is 26.1 Å². The number of sulfonamides is 1. The Kier molecular flexibility index (Phi) is 5.64. The van der Waals surface area contributed by atoms with Crippen LogP contribution in [0, 0.1) is 0 Å². The summed E-state index contributed by atoms with van der Waals surface area (Å²) in [5.74, 6) is -0.205. The van der Waals surface area contributed by atoms with Gasteiger partial charge in [-0.05, 0) is 37.5 Å². The lowest BCUT2D eigenvalue weighted by atomic mass is 9.90. The van der Waals surface area contributed by atoms with Gasteiger partial charge >= 0.3 is 0 Å². The molecule has 1 aliphatic rings. The Morgan fingerprint density at radius 2 is 1.79 bits per heavy atom. The lowest BCUT2D eigenvalue weighted by molar-refractivity contribution is -0.130. The number of nitrogens with two attached hydrogens (primary N) is 1. The lowest BCUT2D eigenvalue weighted by Gasteiger charge is -2.33. The molecule has 0 bridgehead atoms. The molecule has 0 aliphatic carbocycles. The molecule has 1 saturated heterocycles. The van der Waals surface area contributed by atoms with Crippen molar-refractivity contribution in [3.05, 3.63) is 29.8 Å². The quantitative estimate of drug-likeness (QED) is 0.806. The van der Waals surface area contributed by atoms with Gasteiger partial charge < -0.3 is 15.8 Å². The molecular weight excluding hydrogens is 330 g/mol. The Bertz CT molecular complexity index is 680. The second-order valence-electron chi connectivity index (χ2n) is 6.32. The maximum atomic E-state index is 12.4. The van der Waals surface area contributed by atoms with E-state index < -0.39 is 15.6 Å². The van der Waals surface area contributed by atoms with Gasteiger partial charge in [0.25, 0.3) is 0 Å². The molecule has 8 heteroatoms. The van der Waals surface area contributed by atoms with Crippen LogP contribution < -0.4 is 11.1 Å². The molecule has 3 N–H and O–H groups in total. The minimum Gasteiger partial charge on any atom is -0.381 e. The molecule has 0 aromatic heterocycles. The van der Waals surface area contributed by atoms with E-state index in [1.165, 1.54) is 14.1 Å². The largest absolute Gasteiger partial charge is 0.381 e. The number of hydrogen-bond donors (Lipinski definition) is 2. The van der Waals surface area contributed by atoms with Gasteiger partial charge in [0.1, 0.15) is 0 Å². The Balaban J connectivity index is 2.08. The molecular formula is C16H25N3O4S. The van der Waals surface area contributed by atoms with Gasteiger partial charge in [0.15, 0.2) is 0 Å². The van der Waals surface area contributed by atoms with Crippen LogP contribution >= 0.6 is 0 Å². The maximum absolute atomic E-state index is 12.4. The van der Waals surface area contributed by atoms with Crippen LogP contribution in [0.4, 0.5) is 0 Å². The first-order chi connectivity index (χ1) is 11.2. The summed E-state index contributed by atoms with van der Waals surface area (Å²) in [6, 6.07) is 6.22. The van der Waals surface area contributed by atoms with Crippen molar-refractivity contribution in [3.63, 3.8) is 0 Å². The van der Waals surface area contributed by atoms with Gasteiger partial charge in [-0.3, -0.25) is 4.79 Å². The molecule has 134 valence electrons. The molecule has 1 aromatic carbocycles. The molecule has 0 spiro atoms. The first kappa shape index (κ1) is 18.9. The fourth-order valence-electron chi connectivity index (χ4n) is 2.53. The number of nitrogens with zero attached hydrogens (tertiary/aromatic N) is 1. The van der Waals surface area contributed by atoms with Crippen molar-refractivity contribution >= 4 is 15.9 Å². The van der Waals surface area contributed by atoms with E-state index >= 15 is 0 Å². The van der Waals surface area contributed by atoms with Crippen LogP contribution in [0.2, 0.25) is 0 Å². The van der Waals surface area contributed by atoms with Crippen molar-refractivity contribution in [2.75, 3.05) is 27.3 Å². The number of rotatable bonds is 5. The zero-order chi connectivity index (χ0) is 18.0. The predicted molar refractivity (Wildman–Crippen MR) is 90.8 cm³/mol. The minimum atomic E-state index is -3.46. The van der Waals surface area contributed by atoms with Crippen molar-refractivity contribution in [2.24, 2.45) is 5.73 Å². The van der Waals surface area contributed by atoms with Crippen molar-refractivity contribution < 1.29 is 17.9 Å². The molecule has 1 amide bonds. The number of carbonyl (C=O) groups is 1. The molecule has 1 heterocycles. The van der Waals surface area contributed by atoms with Gasteiger partial charge in [0, 0.05) is 27.3 Å². The van der Waals surface area contributed by atoms with Crippen LogP contribution in [0.5, 0.6) is 0 Å². The zero-order valence-corrected chi connectivity index (χ0v) is 15.1. The van der Waals surface area contributed by atoms with Gasteiger partial charge in [-0.15, -0.1) is 0 Å². The highest BCUT2D eigenvalue weighted by molar-refractivity contribution is 7.89. The number of carbonyl (C=O) groups excluding carboxylic acids is 1. The first-order valence-corrected chi connectivity index (χ1v) is 9.31. The van der Waals surface area contributed by atoms with Gasteiger partial charge in [-0.2, -0.15) is 0 Å². The van der Waals surface area contributed by atoms with E-state index in [4.69, 9.17) is 10.5 Å². The molecule has 1 fully saturated rings. The zero-order valence-electron chi connectivity index (χ0n) is 14.3. The SMILES string of the molecule is CC(NC(=O)C1(N)CCOCC1)c1ccc(S(=O)(=O)N(C)C)cc1. The standard InChI is InChI=1S/C16H25N3O4S/c1-12(18-15(20)16(17)8-10-23-11-9-16)13-4-6-14(7-5-13)24(21,22)19(2)3/h4-7,12H,8-11,17H2,1-3H3,(H,18,20). The Morgan fingerprint density at radius 1 is 1.25 bits per heavy atom. The topological polar surface area (TPSA) is 102 Å². The fourth-order valence-corrected chi connectivity index (χ4v) is 3.43. The van der Waals surface area contributed by atoms with E-state index in [-0.39, 0.29) is 16.8 Å². The van der Waals surface area contributed by atoms with Crippen LogP contribution in [0.1, 0.15) is 31.4 Å². The Hall–Kier alpha value is -1.48. The summed E-state index contributed by atoms with van der Waals surface area (Å²) in [6.07, 6.45) is 0.983. The summed E-state index contributed by atoms with van der Waals surface area (Å²) >= 11 is 0. The second-order valence-corrected chi connectivity index (χ2v) is 8.47. The summed E-state index contributed by atoms with van der Waals surface area (Å²) in [5.41, 5.74) is 6.08. The van der Waals surface area contributed by atoms with Crippen LogP contribution in [0.25, 0.3) is 0 Å². The molecule has 1 aliphatic heterocycles. The van der Waals surface area contributed by atoms with E-state index in [1.807, 2.05) is 6.92 Å². The fraction of sp³-hybridized carbons (Fsp3) is 0.562. The molecule has 7 nitrogen and oxygen atoms in total. The van der Waals surface area contributed by atoms with Crippen molar-refractivity contribution in [1.29, 1.82) is 0 Å². The highest BCUT2D eigenvalue weighted by atomic mass is 32.2. The van der Waals surface area contributed by atoms with E-state index in [9.17, 15) is 13.2 Å². The third-order valence-corrected chi connectivity index (χ3v) is 6.17. The molecule has 2 rings (SSSR count). The monoisotopic (exact) mass is 355 g/mol. The van der Waals surface area contributed by atoms with Crippen LogP contribution in [0.15, 0.2) is 29.2 Å². The molecule has 0 saturated carbocycles. The second kappa shape index (κ2) is 7.18. The third kappa shape index (κ3) is 3.94. The van der Waals surface area contributed by atoms with E-state index in [1.54, 1.807) is 24.3 Å². The van der Waals surface area contributed by atoms with Crippen molar-refractivity contribution in [1.82, 2.24) is 9.62 Å². The normalized spacial score (nSPS) is 19.0. The number of nitrogens with one attached hydrogen (secondary N) is 1. The first-order valence-electron chi connectivity index (χ1n) is 7.87. The molecule has 1 aromatic rings. The number of ether oxygens (including phenoxy) is 1. The van der Waals surface area contributed by atoms with Gasteiger partial charge in [0.05, 0.1) is 16.5 Å². The molecule has 1 atom stereocenters. The Morgan fingerprint density at radius 3 is 2.29 bits per heavy atom. The van der Waals surface area contributed by atoms with Gasteiger partial charge in [-0.1, -0.05) is 12.1 Å². The highest BCUT2D eigenvalue weighted by Gasteiger charge is 2.36. The van der Waals surface area contributed by atoms with Crippen molar-refractivity contribution in [3.8, 4) is 0 Å². The van der Waals surface area contributed by atoms with Crippen LogP contribution in [-0.4, -0.2) is 51.5 Å². The lowest BCUT2D eigenvalue weighted by Crippen LogP contribution is -2.57. The maximum Gasteiger partial charge on any atom is 0.242 e. The van der Waals surface area contributed by atoms with E-state index in [0.717, 1.165) is 9.87 Å². The Labute approximate surface area is 143 Å². The summed E-state index contributed by atoms with van der Waals surface area (Å²) < 4.78 is 30.5.